The van der Waals surface area contributed by atoms with Gasteiger partial charge in [0.15, 0.2) is 0 Å². The van der Waals surface area contributed by atoms with Gasteiger partial charge in [-0.05, 0) is 31.0 Å². The average Bonchev–Trinajstić information content (AvgIpc) is 3.15. The van der Waals surface area contributed by atoms with Gasteiger partial charge in [-0.3, -0.25) is 4.98 Å². The Bertz CT molecular complexity index is 657. The molecule has 0 atom stereocenters. The minimum Gasteiger partial charge on any atom is -0.492 e. The molecule has 0 aliphatic carbocycles. The Morgan fingerprint density at radius 1 is 1.17 bits per heavy atom. The van der Waals surface area contributed by atoms with Gasteiger partial charge in [0.1, 0.15) is 12.4 Å². The number of carbonyl (C=O) groups is 1. The number of pyridine rings is 1. The lowest BCUT2D eigenvalue weighted by molar-refractivity contribution is 0.247. The number of nitrogens with one attached hydrogen (secondary N) is 2. The number of benzene rings is 1. The largest absolute Gasteiger partial charge is 0.492 e. The minimum absolute atomic E-state index is 0.250. The van der Waals surface area contributed by atoms with Crippen LogP contribution >= 0.6 is 0 Å². The topological polar surface area (TPSA) is 66.5 Å². The van der Waals surface area contributed by atoms with Gasteiger partial charge in [-0.1, -0.05) is 18.2 Å². The summed E-state index contributed by atoms with van der Waals surface area (Å²) in [6.45, 7) is 2.89. The third-order valence-electron chi connectivity index (χ3n) is 3.89. The van der Waals surface area contributed by atoms with E-state index in [0.29, 0.717) is 13.2 Å². The maximum Gasteiger partial charge on any atom is 0.319 e. The van der Waals surface area contributed by atoms with Crippen molar-refractivity contribution in [2.75, 3.05) is 36.5 Å². The summed E-state index contributed by atoms with van der Waals surface area (Å²) in [4.78, 5) is 18.5. The van der Waals surface area contributed by atoms with Crippen LogP contribution in [0, 0.1) is 0 Å². The van der Waals surface area contributed by atoms with E-state index in [4.69, 9.17) is 4.74 Å². The number of amides is 2. The maximum absolute atomic E-state index is 12.1. The second kappa shape index (κ2) is 8.19. The van der Waals surface area contributed by atoms with Crippen molar-refractivity contribution in [3.05, 3.63) is 48.8 Å². The zero-order valence-electron chi connectivity index (χ0n) is 13.6. The molecule has 24 heavy (non-hydrogen) atoms. The van der Waals surface area contributed by atoms with Crippen LogP contribution in [0.1, 0.15) is 12.8 Å². The van der Waals surface area contributed by atoms with Gasteiger partial charge in [-0.15, -0.1) is 0 Å². The zero-order valence-corrected chi connectivity index (χ0v) is 13.6. The van der Waals surface area contributed by atoms with Crippen molar-refractivity contribution >= 4 is 17.4 Å². The summed E-state index contributed by atoms with van der Waals surface area (Å²) in [5.74, 6) is 0.795. The monoisotopic (exact) mass is 326 g/mol. The molecule has 2 heterocycles. The molecule has 1 aliphatic rings. The fourth-order valence-corrected chi connectivity index (χ4v) is 2.73. The number of anilines is 2. The highest BCUT2D eigenvalue weighted by Crippen LogP contribution is 2.27. The molecular formula is C18H22N4O2. The van der Waals surface area contributed by atoms with Gasteiger partial charge in [0, 0.05) is 19.3 Å². The quantitative estimate of drug-likeness (QED) is 0.801. The summed E-state index contributed by atoms with van der Waals surface area (Å²) in [7, 11) is 0. The van der Waals surface area contributed by atoms with Crippen molar-refractivity contribution in [2.24, 2.45) is 0 Å². The summed E-state index contributed by atoms with van der Waals surface area (Å²) in [5.41, 5.74) is 1.76. The zero-order chi connectivity index (χ0) is 16.6. The molecule has 1 aromatic heterocycles. The molecule has 0 bridgehead atoms. The van der Waals surface area contributed by atoms with E-state index in [1.54, 1.807) is 12.4 Å². The minimum atomic E-state index is -0.250. The summed E-state index contributed by atoms with van der Waals surface area (Å²) >= 11 is 0. The van der Waals surface area contributed by atoms with Gasteiger partial charge in [-0.2, -0.15) is 0 Å². The molecule has 1 saturated heterocycles. The standard InChI is InChI=1S/C18H22N4O2/c23-18(20-10-13-24-15-6-2-1-3-7-15)21-16-14-19-9-8-17(16)22-11-4-5-12-22/h1-3,6-9,14H,4-5,10-13H2,(H2,20,21,23). The lowest BCUT2D eigenvalue weighted by atomic mass is 10.3. The Labute approximate surface area is 141 Å². The number of hydrogen-bond acceptors (Lipinski definition) is 4. The molecule has 1 aliphatic heterocycles. The van der Waals surface area contributed by atoms with Crippen molar-refractivity contribution in [1.82, 2.24) is 10.3 Å². The van der Waals surface area contributed by atoms with Crippen LogP contribution in [0.2, 0.25) is 0 Å². The van der Waals surface area contributed by atoms with Gasteiger partial charge < -0.3 is 20.3 Å². The molecule has 1 aromatic carbocycles. The highest BCUT2D eigenvalue weighted by Gasteiger charge is 2.16. The van der Waals surface area contributed by atoms with Crippen LogP contribution in [0.15, 0.2) is 48.8 Å². The number of rotatable bonds is 6. The molecule has 2 amide bonds. The Kier molecular flexibility index (Phi) is 5.50. The fraction of sp³-hybridized carbons (Fsp3) is 0.333. The summed E-state index contributed by atoms with van der Waals surface area (Å²) in [6.07, 6.45) is 5.81. The second-order valence-electron chi connectivity index (χ2n) is 5.63. The highest BCUT2D eigenvalue weighted by atomic mass is 16.5. The van der Waals surface area contributed by atoms with E-state index >= 15 is 0 Å². The van der Waals surface area contributed by atoms with Crippen molar-refractivity contribution < 1.29 is 9.53 Å². The van der Waals surface area contributed by atoms with E-state index < -0.39 is 0 Å². The van der Waals surface area contributed by atoms with Crippen LogP contribution < -0.4 is 20.3 Å². The van der Waals surface area contributed by atoms with Crippen LogP contribution in [0.4, 0.5) is 16.2 Å². The lowest BCUT2D eigenvalue weighted by Gasteiger charge is -2.21. The van der Waals surface area contributed by atoms with Crippen LogP contribution in [-0.2, 0) is 0 Å². The number of aromatic nitrogens is 1. The average molecular weight is 326 g/mol. The SMILES string of the molecule is O=C(NCCOc1ccccc1)Nc1cnccc1N1CCCC1. The molecule has 3 rings (SSSR count). The Balaban J connectivity index is 1.46. The highest BCUT2D eigenvalue weighted by molar-refractivity contribution is 5.92. The number of para-hydroxylation sites is 1. The molecule has 2 aromatic rings. The molecule has 1 fully saturated rings. The first-order valence-corrected chi connectivity index (χ1v) is 8.24. The van der Waals surface area contributed by atoms with Crippen LogP contribution in [0.3, 0.4) is 0 Å². The number of hydrogen-bond donors (Lipinski definition) is 2. The van der Waals surface area contributed by atoms with Gasteiger partial charge in [0.2, 0.25) is 0 Å². The van der Waals surface area contributed by atoms with Crippen molar-refractivity contribution in [2.45, 2.75) is 12.8 Å². The Morgan fingerprint density at radius 3 is 2.75 bits per heavy atom. The number of nitrogens with zero attached hydrogens (tertiary/aromatic N) is 2. The van der Waals surface area contributed by atoms with Crippen molar-refractivity contribution in [1.29, 1.82) is 0 Å². The van der Waals surface area contributed by atoms with E-state index in [-0.39, 0.29) is 6.03 Å². The first-order chi connectivity index (χ1) is 11.8. The summed E-state index contributed by atoms with van der Waals surface area (Å²) in [5, 5.41) is 5.67. The van der Waals surface area contributed by atoms with E-state index in [0.717, 1.165) is 30.2 Å². The molecule has 6 nitrogen and oxygen atoms in total. The van der Waals surface area contributed by atoms with Gasteiger partial charge in [0.25, 0.3) is 0 Å². The van der Waals surface area contributed by atoms with Gasteiger partial charge in [-0.25, -0.2) is 4.79 Å². The third-order valence-corrected chi connectivity index (χ3v) is 3.89. The van der Waals surface area contributed by atoms with Crippen LogP contribution in [0.5, 0.6) is 5.75 Å². The van der Waals surface area contributed by atoms with Gasteiger partial charge in [0.05, 0.1) is 24.1 Å². The first-order valence-electron chi connectivity index (χ1n) is 8.24. The second-order valence-corrected chi connectivity index (χ2v) is 5.63. The van der Waals surface area contributed by atoms with E-state index in [1.807, 2.05) is 36.4 Å². The Hall–Kier alpha value is -2.76. The number of urea groups is 1. The number of carbonyl (C=O) groups excluding carboxylic acids is 1. The van der Waals surface area contributed by atoms with Crippen molar-refractivity contribution in [3.8, 4) is 5.75 Å². The number of ether oxygens (including phenoxy) is 1. The van der Waals surface area contributed by atoms with Crippen molar-refractivity contribution in [3.63, 3.8) is 0 Å². The summed E-state index contributed by atoms with van der Waals surface area (Å²) in [6, 6.07) is 11.2. The van der Waals surface area contributed by atoms with Gasteiger partial charge >= 0.3 is 6.03 Å². The predicted octanol–water partition coefficient (Wildman–Crippen LogP) is 2.88. The molecule has 2 N–H and O–H groups in total. The molecule has 0 unspecified atom stereocenters. The normalized spacial score (nSPS) is 13.6. The molecule has 6 heteroatoms. The maximum atomic E-state index is 12.1. The predicted molar refractivity (Wildman–Crippen MR) is 94.6 cm³/mol. The van der Waals surface area contributed by atoms with E-state index in [2.05, 4.69) is 20.5 Å². The van der Waals surface area contributed by atoms with Crippen LogP contribution in [0.25, 0.3) is 0 Å². The molecule has 0 radical (unpaired) electrons. The molecule has 0 saturated carbocycles. The lowest BCUT2D eigenvalue weighted by Crippen LogP contribution is -2.33. The summed E-state index contributed by atoms with van der Waals surface area (Å²) < 4.78 is 5.55. The van der Waals surface area contributed by atoms with E-state index in [1.165, 1.54) is 12.8 Å². The first kappa shape index (κ1) is 16.1. The Morgan fingerprint density at radius 2 is 1.96 bits per heavy atom. The molecule has 0 spiro atoms. The fourth-order valence-electron chi connectivity index (χ4n) is 2.73. The smallest absolute Gasteiger partial charge is 0.319 e. The molecule has 126 valence electrons. The molecular weight excluding hydrogens is 304 g/mol. The van der Waals surface area contributed by atoms with Crippen LogP contribution in [-0.4, -0.2) is 37.3 Å². The third kappa shape index (κ3) is 4.38. The van der Waals surface area contributed by atoms with E-state index in [9.17, 15) is 4.79 Å².